The van der Waals surface area contributed by atoms with Gasteiger partial charge in [-0.05, 0) is 29.1 Å². The van der Waals surface area contributed by atoms with Crippen LogP contribution < -0.4 is 19.5 Å². The van der Waals surface area contributed by atoms with Gasteiger partial charge in [-0.2, -0.15) is 0 Å². The summed E-state index contributed by atoms with van der Waals surface area (Å²) in [5, 5.41) is 4.55. The molecule has 1 amide bonds. The molecule has 0 aliphatic heterocycles. The third kappa shape index (κ3) is 4.90. The average molecular weight is 427 g/mol. The van der Waals surface area contributed by atoms with E-state index in [-0.39, 0.29) is 23.8 Å². The highest BCUT2D eigenvalue weighted by atomic mass is 32.1. The highest BCUT2D eigenvalue weighted by Crippen LogP contribution is 2.34. The van der Waals surface area contributed by atoms with Crippen molar-refractivity contribution < 1.29 is 28.5 Å². The Labute approximate surface area is 178 Å². The van der Waals surface area contributed by atoms with Gasteiger partial charge in [-0.1, -0.05) is 18.2 Å². The first kappa shape index (κ1) is 21.2. The average Bonchev–Trinajstić information content (AvgIpc) is 3.32. The van der Waals surface area contributed by atoms with Crippen LogP contribution in [0.1, 0.15) is 25.6 Å². The van der Waals surface area contributed by atoms with Crippen LogP contribution in [0.3, 0.4) is 0 Å². The van der Waals surface area contributed by atoms with E-state index in [0.717, 1.165) is 5.56 Å². The zero-order valence-corrected chi connectivity index (χ0v) is 17.6. The third-order valence-corrected chi connectivity index (χ3v) is 5.11. The molecule has 3 aromatic rings. The number of amides is 1. The Morgan fingerprint density at radius 2 is 1.70 bits per heavy atom. The molecule has 0 aliphatic rings. The Morgan fingerprint density at radius 3 is 2.37 bits per heavy atom. The standard InChI is InChI=1S/C22H21NO6S/c1-26-15-7-4-6-14(10-15)13-29-22(25)16-11-18(27-2)19(28-3)12-17(16)23-21(24)20-8-5-9-30-20/h4-12H,13H2,1-3H3,(H,23,24). The molecule has 30 heavy (non-hydrogen) atoms. The summed E-state index contributed by atoms with van der Waals surface area (Å²) in [6.07, 6.45) is 0. The van der Waals surface area contributed by atoms with E-state index in [9.17, 15) is 9.59 Å². The van der Waals surface area contributed by atoms with Gasteiger partial charge in [0.1, 0.15) is 12.4 Å². The van der Waals surface area contributed by atoms with Gasteiger partial charge in [0.25, 0.3) is 5.91 Å². The number of hydrogen-bond donors (Lipinski definition) is 1. The number of ether oxygens (including phenoxy) is 4. The van der Waals surface area contributed by atoms with Gasteiger partial charge in [0, 0.05) is 12.1 Å². The van der Waals surface area contributed by atoms with Crippen LogP contribution in [-0.4, -0.2) is 33.2 Å². The summed E-state index contributed by atoms with van der Waals surface area (Å²) < 4.78 is 21.2. The molecule has 8 heteroatoms. The number of esters is 1. The van der Waals surface area contributed by atoms with Crippen molar-refractivity contribution >= 4 is 28.9 Å². The predicted octanol–water partition coefficient (Wildman–Crippen LogP) is 4.38. The number of rotatable bonds is 8. The van der Waals surface area contributed by atoms with Gasteiger partial charge in [0.05, 0.1) is 37.5 Å². The zero-order valence-electron chi connectivity index (χ0n) is 16.8. The molecule has 7 nitrogen and oxygen atoms in total. The molecule has 1 N–H and O–H groups in total. The normalized spacial score (nSPS) is 10.2. The van der Waals surface area contributed by atoms with Crippen LogP contribution in [0.2, 0.25) is 0 Å². The molecule has 3 rings (SSSR count). The summed E-state index contributed by atoms with van der Waals surface area (Å²) in [6.45, 7) is 0.0443. The molecule has 0 saturated carbocycles. The van der Waals surface area contributed by atoms with Gasteiger partial charge >= 0.3 is 5.97 Å². The molecule has 0 fully saturated rings. The predicted molar refractivity (Wildman–Crippen MR) is 114 cm³/mol. The number of nitrogens with one attached hydrogen (secondary N) is 1. The summed E-state index contributed by atoms with van der Waals surface area (Å²) in [5.41, 5.74) is 1.19. The lowest BCUT2D eigenvalue weighted by Gasteiger charge is -2.15. The first-order chi connectivity index (χ1) is 14.5. The van der Waals surface area contributed by atoms with Crippen molar-refractivity contribution in [1.29, 1.82) is 0 Å². The topological polar surface area (TPSA) is 83.1 Å². The van der Waals surface area contributed by atoms with Crippen molar-refractivity contribution in [1.82, 2.24) is 0 Å². The summed E-state index contributed by atoms with van der Waals surface area (Å²) in [6, 6.07) is 13.7. The van der Waals surface area contributed by atoms with E-state index in [1.54, 1.807) is 36.8 Å². The maximum atomic E-state index is 12.8. The Hall–Kier alpha value is -3.52. The number of anilines is 1. The molecule has 0 aliphatic carbocycles. The third-order valence-electron chi connectivity index (χ3n) is 4.24. The van der Waals surface area contributed by atoms with Gasteiger partial charge < -0.3 is 24.3 Å². The second kappa shape index (κ2) is 9.80. The molecule has 0 unspecified atom stereocenters. The molecular formula is C22H21NO6S. The van der Waals surface area contributed by atoms with Crippen molar-refractivity contribution in [3.8, 4) is 17.2 Å². The number of carbonyl (C=O) groups excluding carboxylic acids is 2. The summed E-state index contributed by atoms with van der Waals surface area (Å²) in [4.78, 5) is 25.9. The lowest BCUT2D eigenvalue weighted by Crippen LogP contribution is -2.15. The number of thiophene rings is 1. The summed E-state index contributed by atoms with van der Waals surface area (Å²) in [5.74, 6) is 0.446. The Bertz CT molecular complexity index is 1030. The first-order valence-corrected chi connectivity index (χ1v) is 9.84. The lowest BCUT2D eigenvalue weighted by molar-refractivity contribution is 0.0473. The number of methoxy groups -OCH3 is 3. The molecule has 0 radical (unpaired) electrons. The van der Waals surface area contributed by atoms with Crippen LogP contribution in [0.4, 0.5) is 5.69 Å². The van der Waals surface area contributed by atoms with E-state index in [2.05, 4.69) is 5.32 Å². The SMILES string of the molecule is COc1cccc(COC(=O)c2cc(OC)c(OC)cc2NC(=O)c2cccs2)c1. The molecule has 2 aromatic carbocycles. The summed E-state index contributed by atoms with van der Waals surface area (Å²) in [7, 11) is 4.51. The Kier molecular flexibility index (Phi) is 6.92. The van der Waals surface area contributed by atoms with Crippen molar-refractivity contribution in [3.63, 3.8) is 0 Å². The largest absolute Gasteiger partial charge is 0.497 e. The molecule has 0 spiro atoms. The minimum atomic E-state index is -0.611. The summed E-state index contributed by atoms with van der Waals surface area (Å²) >= 11 is 1.30. The van der Waals surface area contributed by atoms with Gasteiger partial charge in [-0.15, -0.1) is 11.3 Å². The highest BCUT2D eigenvalue weighted by molar-refractivity contribution is 7.12. The molecule has 1 aromatic heterocycles. The van der Waals surface area contributed by atoms with E-state index in [4.69, 9.17) is 18.9 Å². The molecule has 156 valence electrons. The lowest BCUT2D eigenvalue weighted by atomic mass is 10.1. The van der Waals surface area contributed by atoms with E-state index in [1.165, 1.54) is 37.7 Å². The number of carbonyl (C=O) groups is 2. The van der Waals surface area contributed by atoms with Crippen molar-refractivity contribution in [2.24, 2.45) is 0 Å². The zero-order chi connectivity index (χ0) is 21.5. The quantitative estimate of drug-likeness (QED) is 0.537. The molecule has 0 atom stereocenters. The van der Waals surface area contributed by atoms with Gasteiger partial charge in [0.15, 0.2) is 11.5 Å². The van der Waals surface area contributed by atoms with Gasteiger partial charge in [-0.3, -0.25) is 4.79 Å². The molecule has 0 bridgehead atoms. The van der Waals surface area contributed by atoms with E-state index in [1.807, 2.05) is 12.1 Å². The first-order valence-electron chi connectivity index (χ1n) is 8.96. The van der Waals surface area contributed by atoms with Crippen LogP contribution in [0.25, 0.3) is 0 Å². The number of hydrogen-bond acceptors (Lipinski definition) is 7. The van der Waals surface area contributed by atoms with E-state index in [0.29, 0.717) is 22.1 Å². The van der Waals surface area contributed by atoms with Gasteiger partial charge in [-0.25, -0.2) is 4.79 Å². The molecule has 1 heterocycles. The maximum absolute atomic E-state index is 12.8. The fourth-order valence-electron chi connectivity index (χ4n) is 2.73. The minimum Gasteiger partial charge on any atom is -0.497 e. The fourth-order valence-corrected chi connectivity index (χ4v) is 3.35. The fraction of sp³-hybridized carbons (Fsp3) is 0.182. The van der Waals surface area contributed by atoms with Crippen LogP contribution in [-0.2, 0) is 11.3 Å². The van der Waals surface area contributed by atoms with Crippen molar-refractivity contribution in [2.45, 2.75) is 6.61 Å². The highest BCUT2D eigenvalue weighted by Gasteiger charge is 2.20. The maximum Gasteiger partial charge on any atom is 0.340 e. The molecule has 0 saturated heterocycles. The van der Waals surface area contributed by atoms with E-state index < -0.39 is 5.97 Å². The van der Waals surface area contributed by atoms with E-state index >= 15 is 0 Å². The Balaban J connectivity index is 1.86. The Morgan fingerprint density at radius 1 is 0.933 bits per heavy atom. The van der Waals surface area contributed by atoms with Crippen molar-refractivity contribution in [2.75, 3.05) is 26.6 Å². The van der Waals surface area contributed by atoms with Crippen LogP contribution >= 0.6 is 11.3 Å². The van der Waals surface area contributed by atoms with Gasteiger partial charge in [0.2, 0.25) is 0 Å². The van der Waals surface area contributed by atoms with Crippen LogP contribution in [0.5, 0.6) is 17.2 Å². The number of benzene rings is 2. The second-order valence-corrected chi connectivity index (χ2v) is 7.06. The second-order valence-electron chi connectivity index (χ2n) is 6.11. The smallest absolute Gasteiger partial charge is 0.340 e. The van der Waals surface area contributed by atoms with Crippen LogP contribution in [0.15, 0.2) is 53.9 Å². The minimum absolute atomic E-state index is 0.0443. The molecular weight excluding hydrogens is 406 g/mol. The van der Waals surface area contributed by atoms with Crippen molar-refractivity contribution in [3.05, 3.63) is 69.9 Å². The monoisotopic (exact) mass is 427 g/mol. The van der Waals surface area contributed by atoms with Crippen LogP contribution in [0, 0.1) is 0 Å².